The SMILES string of the molecule is ClCCl.N#Cc1cnn2c(Cl)c(-c3ccc(OCc4ccccc4)cc3)cnc12. The van der Waals surface area contributed by atoms with Crippen LogP contribution >= 0.6 is 34.8 Å². The molecule has 2 aromatic carbocycles. The Morgan fingerprint density at radius 3 is 2.34 bits per heavy atom. The average Bonchev–Trinajstić information content (AvgIpc) is 3.18. The highest BCUT2D eigenvalue weighted by atomic mass is 35.5. The van der Waals surface area contributed by atoms with E-state index in [1.807, 2.05) is 54.6 Å². The van der Waals surface area contributed by atoms with Crippen LogP contribution in [0.5, 0.6) is 5.75 Å². The Hall–Kier alpha value is -2.78. The molecule has 0 atom stereocenters. The third kappa shape index (κ3) is 4.99. The van der Waals surface area contributed by atoms with Gasteiger partial charge in [-0.3, -0.25) is 0 Å². The largest absolute Gasteiger partial charge is 0.489 e. The van der Waals surface area contributed by atoms with Crippen LogP contribution in [0.3, 0.4) is 0 Å². The van der Waals surface area contributed by atoms with Crippen molar-refractivity contribution >= 4 is 40.4 Å². The van der Waals surface area contributed by atoms with E-state index in [0.29, 0.717) is 23.0 Å². The molecule has 4 rings (SSSR count). The lowest BCUT2D eigenvalue weighted by Gasteiger charge is -2.09. The quantitative estimate of drug-likeness (QED) is 0.289. The highest BCUT2D eigenvalue weighted by Crippen LogP contribution is 2.29. The average molecular weight is 446 g/mol. The van der Waals surface area contributed by atoms with E-state index in [1.54, 1.807) is 6.20 Å². The summed E-state index contributed by atoms with van der Waals surface area (Å²) >= 11 is 16.0. The zero-order valence-corrected chi connectivity index (χ0v) is 17.4. The van der Waals surface area contributed by atoms with Gasteiger partial charge in [-0.15, -0.1) is 23.2 Å². The summed E-state index contributed by atoms with van der Waals surface area (Å²) in [4.78, 5) is 4.31. The zero-order valence-electron chi connectivity index (χ0n) is 15.1. The van der Waals surface area contributed by atoms with E-state index >= 15 is 0 Å². The van der Waals surface area contributed by atoms with E-state index in [4.69, 9.17) is 44.8 Å². The zero-order chi connectivity index (χ0) is 20.6. The fraction of sp³-hybridized carbons (Fsp3) is 0.0952. The molecule has 8 heteroatoms. The van der Waals surface area contributed by atoms with Crippen molar-refractivity contribution in [2.24, 2.45) is 0 Å². The van der Waals surface area contributed by atoms with Gasteiger partial charge in [-0.1, -0.05) is 54.1 Å². The van der Waals surface area contributed by atoms with Crippen LogP contribution < -0.4 is 4.74 Å². The Bertz CT molecular complexity index is 1120. The summed E-state index contributed by atoms with van der Waals surface area (Å²) in [6.45, 7) is 0.513. The van der Waals surface area contributed by atoms with Crippen LogP contribution in [-0.2, 0) is 6.61 Å². The van der Waals surface area contributed by atoms with E-state index in [9.17, 15) is 0 Å². The molecule has 2 aromatic heterocycles. The van der Waals surface area contributed by atoms with Gasteiger partial charge in [0.2, 0.25) is 0 Å². The molecule has 5 nitrogen and oxygen atoms in total. The fourth-order valence-corrected chi connectivity index (χ4v) is 2.93. The highest BCUT2D eigenvalue weighted by Gasteiger charge is 2.13. The van der Waals surface area contributed by atoms with E-state index in [2.05, 4.69) is 16.2 Å². The van der Waals surface area contributed by atoms with Crippen molar-refractivity contribution in [2.75, 3.05) is 5.34 Å². The van der Waals surface area contributed by atoms with Crippen LogP contribution in [0.1, 0.15) is 11.1 Å². The van der Waals surface area contributed by atoms with Gasteiger partial charge in [0, 0.05) is 11.8 Å². The van der Waals surface area contributed by atoms with Crippen LogP contribution in [0, 0.1) is 11.3 Å². The number of nitrogens with zero attached hydrogens (tertiary/aromatic N) is 4. The first-order valence-corrected chi connectivity index (χ1v) is 9.94. The van der Waals surface area contributed by atoms with Crippen molar-refractivity contribution in [3.63, 3.8) is 0 Å². The Morgan fingerprint density at radius 1 is 1.00 bits per heavy atom. The van der Waals surface area contributed by atoms with Crippen LogP contribution in [-0.4, -0.2) is 19.9 Å². The molecule has 0 spiro atoms. The maximum Gasteiger partial charge on any atom is 0.174 e. The van der Waals surface area contributed by atoms with Gasteiger partial charge in [0.15, 0.2) is 5.65 Å². The number of aromatic nitrogens is 3. The first kappa shape index (κ1) is 20.9. The van der Waals surface area contributed by atoms with E-state index < -0.39 is 0 Å². The first-order valence-electron chi connectivity index (χ1n) is 8.49. The molecule has 0 aliphatic carbocycles. The molecule has 0 radical (unpaired) electrons. The van der Waals surface area contributed by atoms with Crippen molar-refractivity contribution in [3.8, 4) is 22.9 Å². The number of ether oxygens (including phenoxy) is 1. The molecule has 29 heavy (non-hydrogen) atoms. The number of benzene rings is 2. The maximum atomic E-state index is 9.06. The Kier molecular flexibility index (Phi) is 7.31. The predicted octanol–water partition coefficient (Wildman–Crippen LogP) is 5.92. The van der Waals surface area contributed by atoms with Crippen molar-refractivity contribution in [3.05, 3.63) is 83.3 Å². The van der Waals surface area contributed by atoms with Gasteiger partial charge in [0.25, 0.3) is 0 Å². The minimum atomic E-state index is 0.194. The molecule has 0 aliphatic rings. The number of nitriles is 1. The van der Waals surface area contributed by atoms with Gasteiger partial charge in [-0.05, 0) is 23.3 Å². The number of rotatable bonds is 4. The minimum Gasteiger partial charge on any atom is -0.489 e. The molecule has 0 fully saturated rings. The summed E-state index contributed by atoms with van der Waals surface area (Å²) in [5.41, 5.74) is 3.58. The molecular weight excluding hydrogens is 431 g/mol. The molecule has 0 amide bonds. The second kappa shape index (κ2) is 10.1. The Balaban J connectivity index is 0.000000755. The second-order valence-electron chi connectivity index (χ2n) is 5.77. The van der Waals surface area contributed by atoms with Crippen LogP contribution in [0.25, 0.3) is 16.8 Å². The maximum absolute atomic E-state index is 9.06. The topological polar surface area (TPSA) is 63.2 Å². The van der Waals surface area contributed by atoms with Gasteiger partial charge >= 0.3 is 0 Å². The lowest BCUT2D eigenvalue weighted by molar-refractivity contribution is 0.306. The normalized spacial score (nSPS) is 10.1. The van der Waals surface area contributed by atoms with Gasteiger partial charge < -0.3 is 4.74 Å². The van der Waals surface area contributed by atoms with Crippen LogP contribution in [0.4, 0.5) is 0 Å². The molecule has 0 N–H and O–H groups in total. The molecule has 4 aromatic rings. The number of halogens is 3. The molecule has 0 saturated carbocycles. The summed E-state index contributed by atoms with van der Waals surface area (Å²) in [6, 6.07) is 19.7. The monoisotopic (exact) mass is 444 g/mol. The van der Waals surface area contributed by atoms with Crippen LogP contribution in [0.15, 0.2) is 67.0 Å². The van der Waals surface area contributed by atoms with Crippen molar-refractivity contribution < 1.29 is 4.74 Å². The molecule has 2 heterocycles. The molecule has 0 aliphatic heterocycles. The number of fused-ring (bicyclic) bond motifs is 1. The van der Waals surface area contributed by atoms with Crippen molar-refractivity contribution in [2.45, 2.75) is 6.61 Å². The van der Waals surface area contributed by atoms with E-state index in [1.165, 1.54) is 10.7 Å². The Labute approximate surface area is 183 Å². The Morgan fingerprint density at radius 2 is 1.69 bits per heavy atom. The molecular formula is C21H15Cl3N4O. The summed E-state index contributed by atoms with van der Waals surface area (Å²) < 4.78 is 7.27. The lowest BCUT2D eigenvalue weighted by atomic mass is 10.1. The predicted molar refractivity (Wildman–Crippen MR) is 115 cm³/mol. The lowest BCUT2D eigenvalue weighted by Crippen LogP contribution is -1.96. The van der Waals surface area contributed by atoms with Crippen LogP contribution in [0.2, 0.25) is 5.15 Å². The third-order valence-electron chi connectivity index (χ3n) is 4.00. The second-order valence-corrected chi connectivity index (χ2v) is 6.93. The van der Waals surface area contributed by atoms with Gasteiger partial charge in [0.05, 0.1) is 11.5 Å². The van der Waals surface area contributed by atoms with E-state index in [-0.39, 0.29) is 5.34 Å². The van der Waals surface area contributed by atoms with Gasteiger partial charge in [-0.2, -0.15) is 10.4 Å². The summed E-state index contributed by atoms with van der Waals surface area (Å²) in [5, 5.41) is 13.8. The molecule has 0 unspecified atom stereocenters. The molecule has 146 valence electrons. The summed E-state index contributed by atoms with van der Waals surface area (Å²) in [5.74, 6) is 0.772. The highest BCUT2D eigenvalue weighted by molar-refractivity contribution is 6.40. The smallest absolute Gasteiger partial charge is 0.174 e. The standard InChI is InChI=1S/C20H13ClN4O.CH2Cl2/c21-19-18(12-23-20-16(10-22)11-24-25(19)20)15-6-8-17(9-7-15)26-13-14-4-2-1-3-5-14;2-1-3/h1-9,11-12H,13H2;1H2. The first-order chi connectivity index (χ1) is 14.2. The van der Waals surface area contributed by atoms with E-state index in [0.717, 1.165) is 22.4 Å². The molecule has 0 bridgehead atoms. The van der Waals surface area contributed by atoms with Gasteiger partial charge in [-0.25, -0.2) is 9.50 Å². The number of hydrogen-bond donors (Lipinski definition) is 0. The molecule has 0 saturated heterocycles. The third-order valence-corrected chi connectivity index (χ3v) is 4.37. The van der Waals surface area contributed by atoms with Crippen molar-refractivity contribution in [1.82, 2.24) is 14.6 Å². The summed E-state index contributed by atoms with van der Waals surface area (Å²) in [6.07, 6.45) is 3.11. The van der Waals surface area contributed by atoms with Crippen molar-refractivity contribution in [1.29, 1.82) is 5.26 Å². The number of hydrogen-bond acceptors (Lipinski definition) is 4. The van der Waals surface area contributed by atoms with Gasteiger partial charge in [0.1, 0.15) is 29.1 Å². The minimum absolute atomic E-state index is 0.194. The number of alkyl halides is 2. The summed E-state index contributed by atoms with van der Waals surface area (Å²) in [7, 11) is 0. The fourth-order valence-electron chi connectivity index (χ4n) is 2.65.